The van der Waals surface area contributed by atoms with Crippen LogP contribution in [0.15, 0.2) is 48.7 Å². The molecule has 0 spiro atoms. The molecule has 2 heterocycles. The summed E-state index contributed by atoms with van der Waals surface area (Å²) in [6, 6.07) is 13.6. The number of nitrogens with zero attached hydrogens (tertiary/aromatic N) is 4. The lowest BCUT2D eigenvalue weighted by molar-refractivity contribution is 0.0796. The molecule has 0 unspecified atom stereocenters. The van der Waals surface area contributed by atoms with Crippen LogP contribution in [0.5, 0.6) is 5.88 Å². The number of ether oxygens (including phenoxy) is 1. The lowest BCUT2D eigenvalue weighted by Crippen LogP contribution is -2.26. The van der Waals surface area contributed by atoms with E-state index in [4.69, 9.17) is 10.5 Å². The minimum absolute atomic E-state index is 0.122. The molecule has 1 amide bonds. The number of nitrogens with two attached hydrogens (primary N) is 1. The molecule has 0 aliphatic rings. The molecule has 0 atom stereocenters. The van der Waals surface area contributed by atoms with Gasteiger partial charge in [-0.25, -0.2) is 9.67 Å². The van der Waals surface area contributed by atoms with Crippen molar-refractivity contribution in [3.8, 4) is 22.8 Å². The summed E-state index contributed by atoms with van der Waals surface area (Å²) in [5, 5.41) is 4.56. The van der Waals surface area contributed by atoms with Crippen LogP contribution < -0.4 is 10.5 Å². The van der Waals surface area contributed by atoms with Crippen LogP contribution in [0.1, 0.15) is 23.0 Å². The van der Waals surface area contributed by atoms with Crippen molar-refractivity contribution in [1.82, 2.24) is 19.7 Å². The number of pyridine rings is 1. The van der Waals surface area contributed by atoms with E-state index >= 15 is 0 Å². The number of methoxy groups -OCH3 is 1. The van der Waals surface area contributed by atoms with E-state index in [1.807, 2.05) is 43.3 Å². The minimum Gasteiger partial charge on any atom is -0.481 e. The summed E-state index contributed by atoms with van der Waals surface area (Å²) >= 11 is 0. The summed E-state index contributed by atoms with van der Waals surface area (Å²) in [7, 11) is 3.33. The number of aromatic nitrogens is 3. The van der Waals surface area contributed by atoms with Gasteiger partial charge in [-0.3, -0.25) is 4.79 Å². The zero-order valence-corrected chi connectivity index (χ0v) is 16.4. The highest BCUT2D eigenvalue weighted by Gasteiger charge is 2.19. The van der Waals surface area contributed by atoms with E-state index in [1.54, 1.807) is 36.0 Å². The van der Waals surface area contributed by atoms with Crippen LogP contribution in [0.2, 0.25) is 0 Å². The first-order valence-corrected chi connectivity index (χ1v) is 9.22. The quantitative estimate of drug-likeness (QED) is 0.682. The summed E-state index contributed by atoms with van der Waals surface area (Å²) in [5.41, 5.74) is 9.73. The van der Waals surface area contributed by atoms with Crippen LogP contribution in [0.3, 0.4) is 0 Å². The molecule has 0 bridgehead atoms. The highest BCUT2D eigenvalue weighted by atomic mass is 16.5. The van der Waals surface area contributed by atoms with Gasteiger partial charge in [0.1, 0.15) is 0 Å². The number of carbonyl (C=O) groups is 1. The van der Waals surface area contributed by atoms with Crippen molar-refractivity contribution in [3.05, 3.63) is 59.9 Å². The van der Waals surface area contributed by atoms with E-state index in [0.29, 0.717) is 24.7 Å². The zero-order chi connectivity index (χ0) is 20.1. The number of amides is 1. The van der Waals surface area contributed by atoms with Gasteiger partial charge in [0.2, 0.25) is 5.88 Å². The van der Waals surface area contributed by atoms with Crippen molar-refractivity contribution >= 4 is 5.91 Å². The first-order valence-electron chi connectivity index (χ1n) is 9.22. The lowest BCUT2D eigenvalue weighted by Gasteiger charge is -2.11. The smallest absolute Gasteiger partial charge is 0.274 e. The van der Waals surface area contributed by atoms with Crippen molar-refractivity contribution < 1.29 is 9.53 Å². The predicted octanol–water partition coefficient (Wildman–Crippen LogP) is 2.54. The van der Waals surface area contributed by atoms with Gasteiger partial charge in [-0.2, -0.15) is 5.10 Å². The van der Waals surface area contributed by atoms with Crippen LogP contribution in [0.4, 0.5) is 0 Å². The van der Waals surface area contributed by atoms with E-state index in [1.165, 1.54) is 5.56 Å². The van der Waals surface area contributed by atoms with E-state index in [9.17, 15) is 4.79 Å². The first-order chi connectivity index (χ1) is 13.6. The highest BCUT2D eigenvalue weighted by Crippen LogP contribution is 2.25. The number of benzene rings is 1. The highest BCUT2D eigenvalue weighted by molar-refractivity contribution is 5.93. The molecule has 0 aliphatic carbocycles. The fourth-order valence-corrected chi connectivity index (χ4v) is 2.85. The molecular formula is C21H25N5O2. The Morgan fingerprint density at radius 1 is 1.21 bits per heavy atom. The summed E-state index contributed by atoms with van der Waals surface area (Å²) in [6.45, 7) is 3.15. The number of hydrogen-bond donors (Lipinski definition) is 1. The molecule has 2 N–H and O–H groups in total. The zero-order valence-electron chi connectivity index (χ0n) is 16.4. The average Bonchev–Trinajstić information content (AvgIpc) is 3.19. The Labute approximate surface area is 164 Å². The second-order valence-electron chi connectivity index (χ2n) is 6.44. The molecule has 0 saturated heterocycles. The number of carbonyl (C=O) groups excluding carboxylic acids is 1. The van der Waals surface area contributed by atoms with Crippen LogP contribution in [0, 0.1) is 0 Å². The van der Waals surface area contributed by atoms with Crippen LogP contribution in [-0.2, 0) is 6.42 Å². The van der Waals surface area contributed by atoms with Crippen molar-refractivity contribution in [2.45, 2.75) is 13.3 Å². The molecule has 28 heavy (non-hydrogen) atoms. The Bertz CT molecular complexity index is 932. The second kappa shape index (κ2) is 8.67. The largest absolute Gasteiger partial charge is 0.481 e. The van der Waals surface area contributed by atoms with Gasteiger partial charge in [-0.15, -0.1) is 0 Å². The molecule has 3 aromatic rings. The molecule has 3 rings (SSSR count). The fraction of sp³-hybridized carbons (Fsp3) is 0.286. The SMILES string of the molecule is CCN(C)C(=O)c1cc(-c2ccc(CCN)cc2)n(-c2ccc(OC)nc2)n1. The maximum Gasteiger partial charge on any atom is 0.274 e. The maximum atomic E-state index is 12.6. The van der Waals surface area contributed by atoms with Gasteiger partial charge in [-0.05, 0) is 37.6 Å². The van der Waals surface area contributed by atoms with Crippen molar-refractivity contribution in [1.29, 1.82) is 0 Å². The van der Waals surface area contributed by atoms with Crippen molar-refractivity contribution in [2.24, 2.45) is 5.73 Å². The topological polar surface area (TPSA) is 86.3 Å². The first kappa shape index (κ1) is 19.6. The fourth-order valence-electron chi connectivity index (χ4n) is 2.85. The van der Waals surface area contributed by atoms with Crippen LogP contribution in [0.25, 0.3) is 16.9 Å². The normalized spacial score (nSPS) is 10.7. The Balaban J connectivity index is 2.07. The van der Waals surface area contributed by atoms with Crippen molar-refractivity contribution in [2.75, 3.05) is 27.2 Å². The molecule has 7 nitrogen and oxygen atoms in total. The van der Waals surface area contributed by atoms with Gasteiger partial charge in [0.05, 0.1) is 24.7 Å². The third-order valence-electron chi connectivity index (χ3n) is 4.61. The molecular weight excluding hydrogens is 354 g/mol. The van der Waals surface area contributed by atoms with Gasteiger partial charge in [-0.1, -0.05) is 24.3 Å². The molecule has 1 aromatic carbocycles. The Morgan fingerprint density at radius 3 is 2.54 bits per heavy atom. The number of rotatable bonds is 7. The monoisotopic (exact) mass is 379 g/mol. The Hall–Kier alpha value is -3.19. The van der Waals surface area contributed by atoms with Gasteiger partial charge < -0.3 is 15.4 Å². The maximum absolute atomic E-state index is 12.6. The third kappa shape index (κ3) is 4.04. The average molecular weight is 379 g/mol. The molecule has 0 saturated carbocycles. The lowest BCUT2D eigenvalue weighted by atomic mass is 10.1. The van der Waals surface area contributed by atoms with E-state index < -0.39 is 0 Å². The standard InChI is InChI=1S/C21H25N5O2/c1-4-25(2)21(27)18-13-19(16-7-5-15(6-8-16)11-12-22)26(24-18)17-9-10-20(28-3)23-14-17/h5-10,13-14H,4,11-12,22H2,1-3H3. The van der Waals surface area contributed by atoms with Crippen LogP contribution >= 0.6 is 0 Å². The summed E-state index contributed by atoms with van der Waals surface area (Å²) < 4.78 is 6.87. The molecule has 2 aromatic heterocycles. The second-order valence-corrected chi connectivity index (χ2v) is 6.44. The third-order valence-corrected chi connectivity index (χ3v) is 4.61. The van der Waals surface area contributed by atoms with Gasteiger partial charge >= 0.3 is 0 Å². The molecule has 0 radical (unpaired) electrons. The van der Waals surface area contributed by atoms with Gasteiger partial charge in [0.15, 0.2) is 5.69 Å². The molecule has 146 valence electrons. The number of hydrogen-bond acceptors (Lipinski definition) is 5. The predicted molar refractivity (Wildman–Crippen MR) is 109 cm³/mol. The van der Waals surface area contributed by atoms with Gasteiger partial charge in [0.25, 0.3) is 5.91 Å². The van der Waals surface area contributed by atoms with E-state index in [2.05, 4.69) is 10.1 Å². The van der Waals surface area contributed by atoms with Crippen molar-refractivity contribution in [3.63, 3.8) is 0 Å². The van der Waals surface area contributed by atoms with E-state index in [-0.39, 0.29) is 5.91 Å². The minimum atomic E-state index is -0.122. The summed E-state index contributed by atoms with van der Waals surface area (Å²) in [6.07, 6.45) is 2.50. The van der Waals surface area contributed by atoms with E-state index in [0.717, 1.165) is 23.4 Å². The van der Waals surface area contributed by atoms with Gasteiger partial charge in [0, 0.05) is 25.2 Å². The molecule has 7 heteroatoms. The molecule has 0 aliphatic heterocycles. The Morgan fingerprint density at radius 2 is 1.96 bits per heavy atom. The van der Waals surface area contributed by atoms with Crippen LogP contribution in [-0.4, -0.2) is 52.8 Å². The molecule has 0 fully saturated rings. The summed E-state index contributed by atoms with van der Waals surface area (Å²) in [5.74, 6) is 0.398. The summed E-state index contributed by atoms with van der Waals surface area (Å²) in [4.78, 5) is 18.5. The Kier molecular flexibility index (Phi) is 6.06.